The maximum Gasteiger partial charge on any atom is 0.274 e. The van der Waals surface area contributed by atoms with Crippen LogP contribution in [-0.2, 0) is 7.05 Å². The van der Waals surface area contributed by atoms with Crippen molar-refractivity contribution in [3.05, 3.63) is 36.0 Å². The zero-order valence-electron chi connectivity index (χ0n) is 9.58. The number of amides is 1. The van der Waals surface area contributed by atoms with Crippen molar-refractivity contribution < 1.29 is 4.79 Å². The first-order chi connectivity index (χ1) is 8.72. The van der Waals surface area contributed by atoms with Gasteiger partial charge in [0.2, 0.25) is 0 Å². The summed E-state index contributed by atoms with van der Waals surface area (Å²) in [4.78, 5) is 16.2. The van der Waals surface area contributed by atoms with Gasteiger partial charge in [-0.1, -0.05) is 23.3 Å². The predicted octanol–water partition coefficient (Wildman–Crippen LogP) is 0.944. The summed E-state index contributed by atoms with van der Waals surface area (Å²) in [5.74, 6) is -0.111. The van der Waals surface area contributed by atoms with Crippen molar-refractivity contribution in [2.75, 3.05) is 5.32 Å². The van der Waals surface area contributed by atoms with Gasteiger partial charge in [-0.05, 0) is 17.3 Å². The number of benzene rings is 1. The highest BCUT2D eigenvalue weighted by atomic mass is 16.2. The zero-order valence-corrected chi connectivity index (χ0v) is 9.58. The van der Waals surface area contributed by atoms with E-state index in [2.05, 4.69) is 25.7 Å². The second-order valence-corrected chi connectivity index (χ2v) is 3.83. The van der Waals surface area contributed by atoms with Crippen molar-refractivity contribution in [2.45, 2.75) is 0 Å². The molecule has 1 amide bonds. The molecule has 0 saturated carbocycles. The number of nitrogens with zero attached hydrogens (tertiary/aromatic N) is 4. The molecule has 0 bridgehead atoms. The number of nitrogens with one attached hydrogen (secondary N) is 2. The molecule has 7 nitrogen and oxygen atoms in total. The van der Waals surface area contributed by atoms with Gasteiger partial charge in [0, 0.05) is 10.9 Å². The molecule has 0 spiro atoms. The average molecular weight is 242 g/mol. The van der Waals surface area contributed by atoms with Crippen LogP contribution in [0.15, 0.2) is 30.3 Å². The molecule has 3 rings (SSSR count). The van der Waals surface area contributed by atoms with Gasteiger partial charge in [0.05, 0.1) is 7.05 Å². The summed E-state index contributed by atoms with van der Waals surface area (Å²) in [6.45, 7) is 0. The summed E-state index contributed by atoms with van der Waals surface area (Å²) >= 11 is 0. The molecular weight excluding hydrogens is 232 g/mol. The lowest BCUT2D eigenvalue weighted by Gasteiger charge is -1.96. The molecule has 0 aliphatic heterocycles. The molecule has 0 fully saturated rings. The number of hydrogen-bond donors (Lipinski definition) is 2. The summed E-state index contributed by atoms with van der Waals surface area (Å²) in [6, 6.07) is 9.45. The number of H-pyrrole nitrogens is 1. The third-order valence-corrected chi connectivity index (χ3v) is 2.51. The molecule has 0 saturated heterocycles. The van der Waals surface area contributed by atoms with Crippen LogP contribution in [0.2, 0.25) is 0 Å². The quantitative estimate of drug-likeness (QED) is 0.700. The summed E-state index contributed by atoms with van der Waals surface area (Å²) in [5.41, 5.74) is 1.37. The molecule has 18 heavy (non-hydrogen) atoms. The maximum atomic E-state index is 11.9. The Hall–Kier alpha value is -2.70. The van der Waals surface area contributed by atoms with Crippen LogP contribution in [0.3, 0.4) is 0 Å². The van der Waals surface area contributed by atoms with E-state index in [-0.39, 0.29) is 11.9 Å². The first-order valence-electron chi connectivity index (χ1n) is 5.35. The van der Waals surface area contributed by atoms with Crippen LogP contribution in [0.5, 0.6) is 0 Å². The smallest absolute Gasteiger partial charge is 0.274 e. The van der Waals surface area contributed by atoms with E-state index in [9.17, 15) is 4.79 Å². The van der Waals surface area contributed by atoms with Crippen molar-refractivity contribution in [3.63, 3.8) is 0 Å². The molecule has 7 heteroatoms. The van der Waals surface area contributed by atoms with Crippen LogP contribution in [0, 0.1) is 0 Å². The minimum atomic E-state index is -0.292. The molecule has 3 aromatic rings. The van der Waals surface area contributed by atoms with Gasteiger partial charge in [-0.15, -0.1) is 5.10 Å². The van der Waals surface area contributed by atoms with Crippen molar-refractivity contribution in [2.24, 2.45) is 7.05 Å². The third kappa shape index (κ3) is 1.81. The minimum Gasteiger partial charge on any atom is -0.351 e. The topological polar surface area (TPSA) is 88.5 Å². The number of para-hydroxylation sites is 1. The summed E-state index contributed by atoms with van der Waals surface area (Å²) in [7, 11) is 1.63. The van der Waals surface area contributed by atoms with Gasteiger partial charge in [0.1, 0.15) is 5.69 Å². The highest BCUT2D eigenvalue weighted by Crippen LogP contribution is 2.15. The lowest BCUT2D eigenvalue weighted by atomic mass is 10.2. The molecule has 2 aromatic heterocycles. The molecule has 0 radical (unpaired) electrons. The second-order valence-electron chi connectivity index (χ2n) is 3.83. The fourth-order valence-electron chi connectivity index (χ4n) is 1.70. The Morgan fingerprint density at radius 1 is 1.39 bits per heavy atom. The standard InChI is InChI=1S/C11H10N6O/c1-17-15-11(14-16-17)13-10(18)9-6-7-4-2-3-5-8(7)12-9/h2-6,12H,1H3,(H,13,15,18). The number of anilines is 1. The zero-order chi connectivity index (χ0) is 12.5. The molecule has 0 aliphatic rings. The molecule has 2 N–H and O–H groups in total. The Bertz CT molecular complexity index is 680. The molecular formula is C11H10N6O. The number of hydrogen-bond acceptors (Lipinski definition) is 4. The molecule has 1 aromatic carbocycles. The lowest BCUT2D eigenvalue weighted by Crippen LogP contribution is -2.13. The van der Waals surface area contributed by atoms with Crippen LogP contribution in [0.4, 0.5) is 5.95 Å². The van der Waals surface area contributed by atoms with Crippen LogP contribution in [-0.4, -0.2) is 31.1 Å². The number of carbonyl (C=O) groups excluding carboxylic acids is 1. The Kier molecular flexibility index (Phi) is 2.30. The number of aryl methyl sites for hydroxylation is 1. The third-order valence-electron chi connectivity index (χ3n) is 2.51. The largest absolute Gasteiger partial charge is 0.351 e. The Morgan fingerprint density at radius 3 is 2.94 bits per heavy atom. The van der Waals surface area contributed by atoms with E-state index in [0.29, 0.717) is 5.69 Å². The fraction of sp³-hybridized carbons (Fsp3) is 0.0909. The van der Waals surface area contributed by atoms with Crippen LogP contribution in [0.25, 0.3) is 10.9 Å². The number of carbonyl (C=O) groups is 1. The summed E-state index contributed by atoms with van der Waals surface area (Å²) in [6.07, 6.45) is 0. The monoisotopic (exact) mass is 242 g/mol. The van der Waals surface area contributed by atoms with Gasteiger partial charge in [-0.3, -0.25) is 10.1 Å². The molecule has 0 unspecified atom stereocenters. The number of rotatable bonds is 2. The molecule has 0 aliphatic carbocycles. The second kappa shape index (κ2) is 3.95. The van der Waals surface area contributed by atoms with E-state index in [0.717, 1.165) is 10.9 Å². The van der Waals surface area contributed by atoms with Crippen molar-refractivity contribution in [3.8, 4) is 0 Å². The maximum absolute atomic E-state index is 11.9. The van der Waals surface area contributed by atoms with Crippen LogP contribution in [0.1, 0.15) is 10.5 Å². The number of aromatic nitrogens is 5. The van der Waals surface area contributed by atoms with Gasteiger partial charge < -0.3 is 4.98 Å². The fourth-order valence-corrected chi connectivity index (χ4v) is 1.70. The van der Waals surface area contributed by atoms with Gasteiger partial charge in [0.15, 0.2) is 0 Å². The molecule has 0 atom stereocenters. The normalized spacial score (nSPS) is 10.7. The first kappa shape index (κ1) is 10.5. The number of aromatic amines is 1. The van der Waals surface area contributed by atoms with Gasteiger partial charge in [-0.25, -0.2) is 0 Å². The minimum absolute atomic E-state index is 0.182. The number of tetrazole rings is 1. The number of fused-ring (bicyclic) bond motifs is 1. The van der Waals surface area contributed by atoms with E-state index < -0.39 is 0 Å². The van der Waals surface area contributed by atoms with E-state index in [1.165, 1.54) is 4.80 Å². The van der Waals surface area contributed by atoms with E-state index in [4.69, 9.17) is 0 Å². The Balaban J connectivity index is 1.87. The van der Waals surface area contributed by atoms with E-state index >= 15 is 0 Å². The van der Waals surface area contributed by atoms with Crippen molar-refractivity contribution in [1.29, 1.82) is 0 Å². The predicted molar refractivity (Wildman–Crippen MR) is 65.0 cm³/mol. The average Bonchev–Trinajstić information content (AvgIpc) is 2.95. The molecule has 2 heterocycles. The first-order valence-corrected chi connectivity index (χ1v) is 5.35. The SMILES string of the molecule is Cn1nnc(NC(=O)c2cc3ccccc3[nH]2)n1. The Morgan fingerprint density at radius 2 is 2.22 bits per heavy atom. The highest BCUT2D eigenvalue weighted by molar-refractivity contribution is 6.05. The van der Waals surface area contributed by atoms with Crippen LogP contribution >= 0.6 is 0 Å². The Labute approximate surface area is 102 Å². The van der Waals surface area contributed by atoms with Gasteiger partial charge in [-0.2, -0.15) is 4.80 Å². The van der Waals surface area contributed by atoms with E-state index in [1.807, 2.05) is 24.3 Å². The van der Waals surface area contributed by atoms with Crippen molar-refractivity contribution in [1.82, 2.24) is 25.2 Å². The molecule has 90 valence electrons. The lowest BCUT2D eigenvalue weighted by molar-refractivity contribution is 0.102. The van der Waals surface area contributed by atoms with E-state index in [1.54, 1.807) is 13.1 Å². The van der Waals surface area contributed by atoms with Gasteiger partial charge in [0.25, 0.3) is 11.9 Å². The highest BCUT2D eigenvalue weighted by Gasteiger charge is 2.11. The van der Waals surface area contributed by atoms with Gasteiger partial charge >= 0.3 is 0 Å². The van der Waals surface area contributed by atoms with Crippen molar-refractivity contribution >= 4 is 22.8 Å². The summed E-state index contributed by atoms with van der Waals surface area (Å²) < 4.78 is 0. The summed E-state index contributed by atoms with van der Waals surface area (Å²) in [5, 5.41) is 14.8. The van der Waals surface area contributed by atoms with Crippen LogP contribution < -0.4 is 5.32 Å².